The van der Waals surface area contributed by atoms with Gasteiger partial charge in [-0.15, -0.1) is 0 Å². The lowest BCUT2D eigenvalue weighted by Gasteiger charge is -2.23. The first kappa shape index (κ1) is 13.8. The molecule has 0 heterocycles. The molecule has 0 fully saturated rings. The Kier molecular flexibility index (Phi) is 6.12. The Labute approximate surface area is 107 Å². The zero-order valence-electron chi connectivity index (χ0n) is 10.3. The van der Waals surface area contributed by atoms with Gasteiger partial charge < -0.3 is 14.4 Å². The number of carbonyl (C=O) groups is 1. The molecule has 0 spiro atoms. The molecule has 0 aliphatic rings. The normalized spacial score (nSPS) is 9.33. The Morgan fingerprint density at radius 3 is 2.67 bits per heavy atom. The molecule has 0 aliphatic heterocycles. The molecule has 0 aromatic heterocycles. The van der Waals surface area contributed by atoms with Crippen molar-refractivity contribution in [2.75, 3.05) is 31.7 Å². The predicted octanol–water partition coefficient (Wildman–Crippen LogP) is 2.19. The van der Waals surface area contributed by atoms with E-state index in [1.165, 1.54) is 7.11 Å². The van der Waals surface area contributed by atoms with Gasteiger partial charge in [0.25, 0.3) is 0 Å². The van der Waals surface area contributed by atoms with Crippen LogP contribution < -0.4 is 4.90 Å². The van der Waals surface area contributed by atoms with Crippen LogP contribution in [0.3, 0.4) is 0 Å². The Hall–Kier alpha value is -2.22. The van der Waals surface area contributed by atoms with Crippen LogP contribution in [0.25, 0.3) is 0 Å². The molecule has 5 nitrogen and oxygen atoms in total. The minimum atomic E-state index is -0.691. The van der Waals surface area contributed by atoms with Crippen molar-refractivity contribution in [3.63, 3.8) is 0 Å². The molecular formula is C13H16N2O3. The quantitative estimate of drug-likeness (QED) is 0.722. The number of methoxy groups -OCH3 is 1. The molecule has 0 radical (unpaired) electrons. The van der Waals surface area contributed by atoms with Gasteiger partial charge in [-0.3, -0.25) is 0 Å². The van der Waals surface area contributed by atoms with Gasteiger partial charge in [0.05, 0.1) is 26.1 Å². The molecule has 18 heavy (non-hydrogen) atoms. The number of hydrogen-bond donors (Lipinski definition) is 0. The predicted molar refractivity (Wildman–Crippen MR) is 67.2 cm³/mol. The summed E-state index contributed by atoms with van der Waals surface area (Å²) in [6, 6.07) is 11.8. The van der Waals surface area contributed by atoms with E-state index in [4.69, 9.17) is 10.00 Å². The van der Waals surface area contributed by atoms with Crippen LogP contribution in [-0.4, -0.2) is 33.0 Å². The minimum absolute atomic E-state index is 0.229. The molecule has 1 rings (SSSR count). The van der Waals surface area contributed by atoms with Crippen LogP contribution in [0.5, 0.6) is 0 Å². The van der Waals surface area contributed by atoms with Gasteiger partial charge in [0.2, 0.25) is 0 Å². The van der Waals surface area contributed by atoms with Crippen molar-refractivity contribution in [1.29, 1.82) is 5.26 Å². The molecule has 0 N–H and O–H groups in total. The van der Waals surface area contributed by atoms with Gasteiger partial charge >= 0.3 is 6.16 Å². The van der Waals surface area contributed by atoms with Crippen molar-refractivity contribution >= 4 is 11.8 Å². The average Bonchev–Trinajstić information content (AvgIpc) is 2.43. The largest absolute Gasteiger partial charge is 0.508 e. The number of para-hydroxylation sites is 1. The van der Waals surface area contributed by atoms with Gasteiger partial charge in [-0.05, 0) is 12.1 Å². The first-order valence-electron chi connectivity index (χ1n) is 5.65. The van der Waals surface area contributed by atoms with Crippen LogP contribution in [0.2, 0.25) is 0 Å². The van der Waals surface area contributed by atoms with Crippen molar-refractivity contribution in [3.8, 4) is 6.07 Å². The Morgan fingerprint density at radius 1 is 1.33 bits per heavy atom. The second-order valence-electron chi connectivity index (χ2n) is 3.53. The van der Waals surface area contributed by atoms with Crippen molar-refractivity contribution < 1.29 is 14.3 Å². The Morgan fingerprint density at radius 2 is 2.06 bits per heavy atom. The molecule has 0 amide bonds. The third kappa shape index (κ3) is 4.74. The van der Waals surface area contributed by atoms with Gasteiger partial charge in [-0.1, -0.05) is 18.2 Å². The van der Waals surface area contributed by atoms with E-state index >= 15 is 0 Å². The van der Waals surface area contributed by atoms with E-state index < -0.39 is 6.16 Å². The summed E-state index contributed by atoms with van der Waals surface area (Å²) < 4.78 is 9.22. The molecular weight excluding hydrogens is 232 g/mol. The van der Waals surface area contributed by atoms with E-state index in [2.05, 4.69) is 10.8 Å². The summed E-state index contributed by atoms with van der Waals surface area (Å²) in [4.78, 5) is 12.8. The molecule has 0 aliphatic carbocycles. The minimum Gasteiger partial charge on any atom is -0.438 e. The van der Waals surface area contributed by atoms with Crippen LogP contribution in [0, 0.1) is 11.3 Å². The summed E-state index contributed by atoms with van der Waals surface area (Å²) in [5.41, 5.74) is 1.00. The van der Waals surface area contributed by atoms with Crippen molar-refractivity contribution in [2.45, 2.75) is 6.42 Å². The number of hydrogen-bond acceptors (Lipinski definition) is 5. The Balaban J connectivity index is 2.51. The number of rotatable bonds is 6. The highest BCUT2D eigenvalue weighted by molar-refractivity contribution is 5.59. The number of benzene rings is 1. The number of nitrogens with zero attached hydrogens (tertiary/aromatic N) is 2. The summed E-state index contributed by atoms with van der Waals surface area (Å²) in [7, 11) is 1.27. The maximum absolute atomic E-state index is 10.8. The summed E-state index contributed by atoms with van der Waals surface area (Å²) in [6.07, 6.45) is -0.268. The van der Waals surface area contributed by atoms with E-state index in [1.54, 1.807) is 0 Å². The summed E-state index contributed by atoms with van der Waals surface area (Å²) in [5.74, 6) is 0. The maximum atomic E-state index is 10.8. The molecule has 0 bridgehead atoms. The van der Waals surface area contributed by atoms with Gasteiger partial charge in [-0.2, -0.15) is 5.26 Å². The molecule has 0 saturated carbocycles. The number of nitriles is 1. The zero-order valence-corrected chi connectivity index (χ0v) is 10.3. The van der Waals surface area contributed by atoms with Crippen LogP contribution in [0.4, 0.5) is 10.5 Å². The summed E-state index contributed by atoms with van der Waals surface area (Å²) >= 11 is 0. The van der Waals surface area contributed by atoms with Gasteiger partial charge in [0.15, 0.2) is 0 Å². The zero-order chi connectivity index (χ0) is 13.2. The standard InChI is InChI=1S/C13H16N2O3/c1-17-13(16)18-11-10-15(9-5-8-14)12-6-3-2-4-7-12/h2-4,6-7H,5,9-11H2,1H3. The average molecular weight is 248 g/mol. The molecule has 0 saturated heterocycles. The second-order valence-corrected chi connectivity index (χ2v) is 3.53. The van der Waals surface area contributed by atoms with Gasteiger partial charge in [0, 0.05) is 12.2 Å². The molecule has 5 heteroatoms. The van der Waals surface area contributed by atoms with E-state index in [9.17, 15) is 4.79 Å². The summed E-state index contributed by atoms with van der Waals surface area (Å²) in [6.45, 7) is 1.36. The smallest absolute Gasteiger partial charge is 0.438 e. The monoisotopic (exact) mass is 248 g/mol. The highest BCUT2D eigenvalue weighted by Crippen LogP contribution is 2.13. The van der Waals surface area contributed by atoms with Crippen molar-refractivity contribution in [3.05, 3.63) is 30.3 Å². The first-order valence-corrected chi connectivity index (χ1v) is 5.65. The molecule has 96 valence electrons. The lowest BCUT2D eigenvalue weighted by atomic mass is 10.2. The number of ether oxygens (including phenoxy) is 2. The maximum Gasteiger partial charge on any atom is 0.508 e. The number of anilines is 1. The fraction of sp³-hybridized carbons (Fsp3) is 0.385. The molecule has 1 aromatic carbocycles. The number of carbonyl (C=O) groups excluding carboxylic acids is 1. The highest BCUT2D eigenvalue weighted by atomic mass is 16.7. The third-order valence-electron chi connectivity index (χ3n) is 2.36. The molecule has 0 unspecified atom stereocenters. The van der Waals surface area contributed by atoms with Crippen molar-refractivity contribution in [1.82, 2.24) is 0 Å². The molecule has 1 aromatic rings. The van der Waals surface area contributed by atoms with Crippen molar-refractivity contribution in [2.24, 2.45) is 0 Å². The SMILES string of the molecule is COC(=O)OCCN(CCC#N)c1ccccc1. The molecule has 0 atom stereocenters. The lowest BCUT2D eigenvalue weighted by Crippen LogP contribution is -2.29. The van der Waals surface area contributed by atoms with Crippen LogP contribution in [-0.2, 0) is 9.47 Å². The summed E-state index contributed by atoms with van der Waals surface area (Å²) in [5, 5.41) is 8.63. The van der Waals surface area contributed by atoms with E-state index in [1.807, 2.05) is 35.2 Å². The highest BCUT2D eigenvalue weighted by Gasteiger charge is 2.07. The fourth-order valence-electron chi connectivity index (χ4n) is 1.49. The van der Waals surface area contributed by atoms with Gasteiger partial charge in [0.1, 0.15) is 6.61 Å². The fourth-order valence-corrected chi connectivity index (χ4v) is 1.49. The Bertz CT molecular complexity index is 400. The van der Waals surface area contributed by atoms with Crippen LogP contribution in [0.1, 0.15) is 6.42 Å². The first-order chi connectivity index (χ1) is 8.77. The van der Waals surface area contributed by atoms with E-state index in [0.717, 1.165) is 5.69 Å². The second kappa shape index (κ2) is 7.96. The van der Waals surface area contributed by atoms with E-state index in [-0.39, 0.29) is 6.61 Å². The van der Waals surface area contributed by atoms with Gasteiger partial charge in [-0.25, -0.2) is 4.79 Å². The van der Waals surface area contributed by atoms with Crippen LogP contribution >= 0.6 is 0 Å². The topological polar surface area (TPSA) is 62.6 Å². The lowest BCUT2D eigenvalue weighted by molar-refractivity contribution is 0.0748. The van der Waals surface area contributed by atoms with E-state index in [0.29, 0.717) is 19.5 Å². The third-order valence-corrected chi connectivity index (χ3v) is 2.36. The van der Waals surface area contributed by atoms with Crippen LogP contribution in [0.15, 0.2) is 30.3 Å².